The van der Waals surface area contributed by atoms with Crippen molar-refractivity contribution >= 4 is 11.8 Å². The molecule has 0 aromatic heterocycles. The van der Waals surface area contributed by atoms with E-state index in [-0.39, 0.29) is 23.7 Å². The summed E-state index contributed by atoms with van der Waals surface area (Å²) in [5, 5.41) is 2.84. The zero-order chi connectivity index (χ0) is 15.7. The summed E-state index contributed by atoms with van der Waals surface area (Å²) < 4.78 is 13.6. The number of carbonyl (C=O) groups is 2. The number of amides is 2. The Labute approximate surface area is 129 Å². The summed E-state index contributed by atoms with van der Waals surface area (Å²) in [5.74, 6) is -0.415. The van der Waals surface area contributed by atoms with Crippen LogP contribution in [0.15, 0.2) is 18.2 Å². The monoisotopic (exact) mass is 305 g/mol. The van der Waals surface area contributed by atoms with Crippen molar-refractivity contribution in [1.82, 2.24) is 15.1 Å². The molecule has 22 heavy (non-hydrogen) atoms. The summed E-state index contributed by atoms with van der Waals surface area (Å²) in [6, 6.07) is 4.53. The number of carbonyl (C=O) groups excluding carboxylic acids is 2. The molecule has 1 atom stereocenters. The van der Waals surface area contributed by atoms with Crippen LogP contribution in [0.4, 0.5) is 4.39 Å². The Hall–Kier alpha value is -1.95. The number of hydrogen-bond donors (Lipinski definition) is 1. The van der Waals surface area contributed by atoms with Gasteiger partial charge in [0.1, 0.15) is 5.82 Å². The van der Waals surface area contributed by atoms with Gasteiger partial charge < -0.3 is 10.2 Å². The SMILES string of the molecule is Cc1ccc(C(=O)N2CCN([C@@H]3CCNC3=O)CC2)cc1F. The van der Waals surface area contributed by atoms with Crippen LogP contribution in [0.1, 0.15) is 22.3 Å². The maximum Gasteiger partial charge on any atom is 0.254 e. The van der Waals surface area contributed by atoms with E-state index in [0.29, 0.717) is 37.3 Å². The summed E-state index contributed by atoms with van der Waals surface area (Å²) >= 11 is 0. The maximum atomic E-state index is 13.6. The van der Waals surface area contributed by atoms with Crippen molar-refractivity contribution < 1.29 is 14.0 Å². The molecule has 6 heteroatoms. The van der Waals surface area contributed by atoms with Gasteiger partial charge >= 0.3 is 0 Å². The number of piperazine rings is 1. The highest BCUT2D eigenvalue weighted by molar-refractivity contribution is 5.94. The summed E-state index contributed by atoms with van der Waals surface area (Å²) in [4.78, 5) is 28.0. The van der Waals surface area contributed by atoms with Crippen molar-refractivity contribution in [1.29, 1.82) is 0 Å². The zero-order valence-electron chi connectivity index (χ0n) is 12.6. The molecule has 2 amide bonds. The van der Waals surface area contributed by atoms with Crippen molar-refractivity contribution in [2.45, 2.75) is 19.4 Å². The maximum absolute atomic E-state index is 13.6. The van der Waals surface area contributed by atoms with E-state index >= 15 is 0 Å². The highest BCUT2D eigenvalue weighted by Crippen LogP contribution is 2.16. The number of nitrogens with one attached hydrogen (secondary N) is 1. The van der Waals surface area contributed by atoms with Crippen molar-refractivity contribution in [2.75, 3.05) is 32.7 Å². The zero-order valence-corrected chi connectivity index (χ0v) is 12.6. The van der Waals surface area contributed by atoms with Crippen LogP contribution in [0, 0.1) is 12.7 Å². The van der Waals surface area contributed by atoms with E-state index in [1.165, 1.54) is 6.07 Å². The molecular formula is C16H20FN3O2. The number of rotatable bonds is 2. The lowest BCUT2D eigenvalue weighted by atomic mass is 10.1. The van der Waals surface area contributed by atoms with Crippen molar-refractivity contribution in [2.24, 2.45) is 0 Å². The fraction of sp³-hybridized carbons (Fsp3) is 0.500. The first-order valence-electron chi connectivity index (χ1n) is 7.63. The second-order valence-electron chi connectivity index (χ2n) is 5.89. The first kappa shape index (κ1) is 15.0. The minimum absolute atomic E-state index is 0.0610. The van der Waals surface area contributed by atoms with Gasteiger partial charge in [-0.1, -0.05) is 6.07 Å². The Kier molecular flexibility index (Phi) is 4.11. The molecule has 3 rings (SSSR count). The molecule has 1 aromatic carbocycles. The second kappa shape index (κ2) is 6.04. The lowest BCUT2D eigenvalue weighted by Crippen LogP contribution is -2.53. The van der Waals surface area contributed by atoms with Crippen LogP contribution in [-0.2, 0) is 4.79 Å². The van der Waals surface area contributed by atoms with Gasteiger partial charge in [-0.3, -0.25) is 14.5 Å². The molecule has 0 bridgehead atoms. The van der Waals surface area contributed by atoms with Gasteiger partial charge in [-0.05, 0) is 31.0 Å². The molecule has 0 unspecified atom stereocenters. The normalized spacial score (nSPS) is 22.7. The van der Waals surface area contributed by atoms with E-state index in [9.17, 15) is 14.0 Å². The van der Waals surface area contributed by atoms with Gasteiger partial charge in [0.05, 0.1) is 6.04 Å². The quantitative estimate of drug-likeness (QED) is 0.878. The first-order valence-corrected chi connectivity index (χ1v) is 7.63. The molecule has 2 aliphatic rings. The van der Waals surface area contributed by atoms with E-state index in [0.717, 1.165) is 13.0 Å². The molecule has 0 spiro atoms. The predicted octanol–water partition coefficient (Wildman–Crippen LogP) is 0.780. The molecule has 118 valence electrons. The van der Waals surface area contributed by atoms with Crippen LogP contribution in [0.2, 0.25) is 0 Å². The summed E-state index contributed by atoms with van der Waals surface area (Å²) in [6.07, 6.45) is 0.829. The highest BCUT2D eigenvalue weighted by Gasteiger charge is 2.33. The third kappa shape index (κ3) is 2.83. The summed E-state index contributed by atoms with van der Waals surface area (Å²) in [5.41, 5.74) is 0.920. The molecule has 1 N–H and O–H groups in total. The minimum Gasteiger partial charge on any atom is -0.355 e. The number of hydrogen-bond acceptors (Lipinski definition) is 3. The minimum atomic E-state index is -0.355. The first-order chi connectivity index (χ1) is 10.6. The van der Waals surface area contributed by atoms with Crippen molar-refractivity contribution in [3.05, 3.63) is 35.1 Å². The van der Waals surface area contributed by atoms with Crippen LogP contribution in [-0.4, -0.2) is 60.4 Å². The number of aryl methyl sites for hydroxylation is 1. The largest absolute Gasteiger partial charge is 0.355 e. The molecule has 5 nitrogen and oxygen atoms in total. The lowest BCUT2D eigenvalue weighted by molar-refractivity contribution is -0.124. The second-order valence-corrected chi connectivity index (χ2v) is 5.89. The van der Waals surface area contributed by atoms with Gasteiger partial charge in [-0.15, -0.1) is 0 Å². The van der Waals surface area contributed by atoms with Gasteiger partial charge in [-0.2, -0.15) is 0 Å². The van der Waals surface area contributed by atoms with Crippen molar-refractivity contribution in [3.8, 4) is 0 Å². The van der Waals surface area contributed by atoms with E-state index in [1.54, 1.807) is 24.0 Å². The fourth-order valence-electron chi connectivity index (χ4n) is 3.07. The predicted molar refractivity (Wildman–Crippen MR) is 80.0 cm³/mol. The highest BCUT2D eigenvalue weighted by atomic mass is 19.1. The smallest absolute Gasteiger partial charge is 0.254 e. The van der Waals surface area contributed by atoms with Crippen LogP contribution in [0.5, 0.6) is 0 Å². The Morgan fingerprint density at radius 1 is 1.27 bits per heavy atom. The number of benzene rings is 1. The lowest BCUT2D eigenvalue weighted by Gasteiger charge is -2.37. The summed E-state index contributed by atoms with van der Waals surface area (Å²) in [6.45, 7) is 4.90. The van der Waals surface area contributed by atoms with Gasteiger partial charge in [0.15, 0.2) is 0 Å². The van der Waals surface area contributed by atoms with E-state index in [4.69, 9.17) is 0 Å². The molecule has 2 saturated heterocycles. The molecule has 0 radical (unpaired) electrons. The molecule has 1 aromatic rings. The average molecular weight is 305 g/mol. The van der Waals surface area contributed by atoms with Gasteiger partial charge in [0, 0.05) is 38.3 Å². The van der Waals surface area contributed by atoms with Gasteiger partial charge in [0.25, 0.3) is 5.91 Å². The number of halogens is 1. The molecule has 0 aliphatic carbocycles. The Morgan fingerprint density at radius 2 is 2.00 bits per heavy atom. The number of nitrogens with zero attached hydrogens (tertiary/aromatic N) is 2. The molecule has 2 heterocycles. The van der Waals surface area contributed by atoms with E-state index in [2.05, 4.69) is 10.2 Å². The topological polar surface area (TPSA) is 52.7 Å². The Balaban J connectivity index is 1.62. The van der Waals surface area contributed by atoms with Crippen LogP contribution < -0.4 is 5.32 Å². The Morgan fingerprint density at radius 3 is 2.59 bits per heavy atom. The van der Waals surface area contributed by atoms with Gasteiger partial charge in [0.2, 0.25) is 5.91 Å². The van der Waals surface area contributed by atoms with Crippen LogP contribution in [0.25, 0.3) is 0 Å². The van der Waals surface area contributed by atoms with Gasteiger partial charge in [-0.25, -0.2) is 4.39 Å². The van der Waals surface area contributed by atoms with Crippen LogP contribution in [0.3, 0.4) is 0 Å². The van der Waals surface area contributed by atoms with Crippen molar-refractivity contribution in [3.63, 3.8) is 0 Å². The average Bonchev–Trinajstić information content (AvgIpc) is 2.95. The third-order valence-electron chi connectivity index (χ3n) is 4.48. The third-order valence-corrected chi connectivity index (χ3v) is 4.48. The standard InChI is InChI=1S/C16H20FN3O2/c1-11-2-3-12(10-13(11)17)16(22)20-8-6-19(7-9-20)14-4-5-18-15(14)21/h2-3,10,14H,4-9H2,1H3,(H,18,21)/t14-/m1/s1. The van der Waals surface area contributed by atoms with E-state index < -0.39 is 0 Å². The fourth-order valence-corrected chi connectivity index (χ4v) is 3.07. The molecule has 2 fully saturated rings. The summed E-state index contributed by atoms with van der Waals surface area (Å²) in [7, 11) is 0. The molecular weight excluding hydrogens is 285 g/mol. The Bertz CT molecular complexity index is 597. The molecule has 2 aliphatic heterocycles. The van der Waals surface area contributed by atoms with E-state index in [1.807, 2.05) is 0 Å². The molecule has 0 saturated carbocycles. The van der Waals surface area contributed by atoms with Crippen LogP contribution >= 0.6 is 0 Å².